The molecule has 0 saturated carbocycles. The number of piperazine rings is 1. The standard InChI is InChI=1S/C12H15F3N2O2/c13-12(14,15)11(17-6-4-16-5-7-17)8-2-1-3-9(18)10(8)19/h1-3,11,16,18-19H,4-7H2/t11-/m0/s1. The Labute approximate surface area is 108 Å². The summed E-state index contributed by atoms with van der Waals surface area (Å²) >= 11 is 0. The molecule has 1 aliphatic heterocycles. The minimum absolute atomic E-state index is 0.235. The van der Waals surface area contributed by atoms with Crippen LogP contribution >= 0.6 is 0 Å². The monoisotopic (exact) mass is 276 g/mol. The number of alkyl halides is 3. The Kier molecular flexibility index (Phi) is 3.86. The second kappa shape index (κ2) is 5.26. The Bertz CT molecular complexity index is 445. The van der Waals surface area contributed by atoms with E-state index in [9.17, 15) is 23.4 Å². The summed E-state index contributed by atoms with van der Waals surface area (Å²) in [5.41, 5.74) is -0.311. The molecule has 1 saturated heterocycles. The maximum absolute atomic E-state index is 13.2. The van der Waals surface area contributed by atoms with Gasteiger partial charge in [0.2, 0.25) is 0 Å². The number of nitrogens with zero attached hydrogens (tertiary/aromatic N) is 1. The van der Waals surface area contributed by atoms with Crippen LogP contribution in [0.1, 0.15) is 11.6 Å². The summed E-state index contributed by atoms with van der Waals surface area (Å²) in [5, 5.41) is 22.0. The van der Waals surface area contributed by atoms with Crippen molar-refractivity contribution in [3.8, 4) is 11.5 Å². The number of phenols is 2. The second-order valence-electron chi connectivity index (χ2n) is 4.45. The lowest BCUT2D eigenvalue weighted by molar-refractivity contribution is -0.188. The van der Waals surface area contributed by atoms with Crippen LogP contribution in [0.2, 0.25) is 0 Å². The van der Waals surface area contributed by atoms with Crippen molar-refractivity contribution in [2.75, 3.05) is 26.2 Å². The molecule has 1 aromatic carbocycles. The van der Waals surface area contributed by atoms with E-state index in [1.54, 1.807) is 0 Å². The summed E-state index contributed by atoms with van der Waals surface area (Å²) in [6.45, 7) is 1.40. The van der Waals surface area contributed by atoms with Gasteiger partial charge in [-0.3, -0.25) is 4.90 Å². The molecule has 4 nitrogen and oxygen atoms in total. The first kappa shape index (κ1) is 14.0. The summed E-state index contributed by atoms with van der Waals surface area (Å²) in [6, 6.07) is 1.74. The molecule has 19 heavy (non-hydrogen) atoms. The second-order valence-corrected chi connectivity index (χ2v) is 4.45. The van der Waals surface area contributed by atoms with Crippen molar-refractivity contribution in [3.63, 3.8) is 0 Å². The molecule has 0 unspecified atom stereocenters. The van der Waals surface area contributed by atoms with Gasteiger partial charge in [0, 0.05) is 31.7 Å². The number of hydrogen-bond donors (Lipinski definition) is 3. The third-order valence-electron chi connectivity index (χ3n) is 3.17. The highest BCUT2D eigenvalue weighted by molar-refractivity contribution is 5.46. The quantitative estimate of drug-likeness (QED) is 0.718. The van der Waals surface area contributed by atoms with Crippen molar-refractivity contribution in [3.05, 3.63) is 23.8 Å². The number of para-hydroxylation sites is 1. The van der Waals surface area contributed by atoms with Gasteiger partial charge in [0.15, 0.2) is 11.5 Å². The minimum Gasteiger partial charge on any atom is -0.504 e. The van der Waals surface area contributed by atoms with Gasteiger partial charge in [-0.05, 0) is 6.07 Å². The predicted octanol–water partition coefficient (Wildman–Crippen LogP) is 1.61. The normalized spacial score (nSPS) is 19.3. The molecular weight excluding hydrogens is 261 g/mol. The largest absolute Gasteiger partial charge is 0.504 e. The van der Waals surface area contributed by atoms with Gasteiger partial charge in [-0.2, -0.15) is 13.2 Å². The summed E-state index contributed by atoms with van der Waals surface area (Å²) in [7, 11) is 0. The molecule has 106 valence electrons. The number of hydrogen-bond acceptors (Lipinski definition) is 4. The zero-order valence-electron chi connectivity index (χ0n) is 10.1. The van der Waals surface area contributed by atoms with E-state index in [4.69, 9.17) is 0 Å². The summed E-state index contributed by atoms with van der Waals surface area (Å²) in [6.07, 6.45) is -4.51. The van der Waals surface area contributed by atoms with Crippen molar-refractivity contribution in [1.29, 1.82) is 0 Å². The molecule has 1 heterocycles. The molecule has 1 aromatic rings. The zero-order chi connectivity index (χ0) is 14.0. The van der Waals surface area contributed by atoms with Gasteiger partial charge in [-0.15, -0.1) is 0 Å². The van der Waals surface area contributed by atoms with E-state index in [0.29, 0.717) is 13.1 Å². The molecule has 0 aromatic heterocycles. The maximum Gasteiger partial charge on any atom is 0.408 e. The van der Waals surface area contributed by atoms with Gasteiger partial charge in [0.25, 0.3) is 0 Å². The highest BCUT2D eigenvalue weighted by atomic mass is 19.4. The number of benzene rings is 1. The molecule has 0 aliphatic carbocycles. The Morgan fingerprint density at radius 2 is 1.79 bits per heavy atom. The van der Waals surface area contributed by atoms with Crippen LogP contribution in [0.25, 0.3) is 0 Å². The molecular formula is C12H15F3N2O2. The van der Waals surface area contributed by atoms with Crippen LogP contribution in [0.15, 0.2) is 18.2 Å². The number of aromatic hydroxyl groups is 2. The summed E-state index contributed by atoms with van der Waals surface area (Å²) in [4.78, 5) is 1.25. The summed E-state index contributed by atoms with van der Waals surface area (Å²) in [5.74, 6) is -1.25. The predicted molar refractivity (Wildman–Crippen MR) is 63.0 cm³/mol. The van der Waals surface area contributed by atoms with Crippen LogP contribution in [0, 0.1) is 0 Å². The molecule has 1 aliphatic rings. The molecule has 1 fully saturated rings. The van der Waals surface area contributed by atoms with Crippen LogP contribution in [0.4, 0.5) is 13.2 Å². The SMILES string of the molecule is Oc1cccc([C@H](N2CCNCC2)C(F)(F)F)c1O. The fraction of sp³-hybridized carbons (Fsp3) is 0.500. The highest BCUT2D eigenvalue weighted by Gasteiger charge is 2.46. The Balaban J connectivity index is 2.40. The third kappa shape index (κ3) is 2.93. The van der Waals surface area contributed by atoms with E-state index in [-0.39, 0.29) is 18.7 Å². The van der Waals surface area contributed by atoms with Crippen LogP contribution in [-0.2, 0) is 0 Å². The fourth-order valence-electron chi connectivity index (χ4n) is 2.29. The molecule has 3 N–H and O–H groups in total. The van der Waals surface area contributed by atoms with Crippen molar-refractivity contribution in [1.82, 2.24) is 10.2 Å². The zero-order valence-corrected chi connectivity index (χ0v) is 10.1. The molecule has 7 heteroatoms. The van der Waals surface area contributed by atoms with Crippen molar-refractivity contribution in [2.24, 2.45) is 0 Å². The average Bonchev–Trinajstić information content (AvgIpc) is 2.35. The Hall–Kier alpha value is -1.47. The molecule has 1 atom stereocenters. The molecule has 2 rings (SSSR count). The topological polar surface area (TPSA) is 55.7 Å². The molecule has 0 radical (unpaired) electrons. The maximum atomic E-state index is 13.2. The lowest BCUT2D eigenvalue weighted by Gasteiger charge is -2.36. The number of phenolic OH excluding ortho intramolecular Hbond substituents is 2. The molecule has 0 amide bonds. The lowest BCUT2D eigenvalue weighted by atomic mass is 10.0. The number of halogens is 3. The van der Waals surface area contributed by atoms with Crippen molar-refractivity contribution in [2.45, 2.75) is 12.2 Å². The number of rotatable bonds is 2. The van der Waals surface area contributed by atoms with E-state index in [0.717, 1.165) is 6.07 Å². The summed E-state index contributed by atoms with van der Waals surface area (Å²) < 4.78 is 39.7. The van der Waals surface area contributed by atoms with Gasteiger partial charge in [0.05, 0.1) is 0 Å². The first-order valence-corrected chi connectivity index (χ1v) is 5.93. The van der Waals surface area contributed by atoms with Gasteiger partial charge in [0.1, 0.15) is 6.04 Å². The van der Waals surface area contributed by atoms with Crippen molar-refractivity contribution < 1.29 is 23.4 Å². The minimum atomic E-state index is -4.51. The first-order chi connectivity index (χ1) is 8.91. The van der Waals surface area contributed by atoms with Gasteiger partial charge in [-0.1, -0.05) is 12.1 Å². The van der Waals surface area contributed by atoms with Gasteiger partial charge < -0.3 is 15.5 Å². The molecule has 0 bridgehead atoms. The smallest absolute Gasteiger partial charge is 0.408 e. The Morgan fingerprint density at radius 1 is 1.16 bits per heavy atom. The van der Waals surface area contributed by atoms with E-state index >= 15 is 0 Å². The van der Waals surface area contributed by atoms with Gasteiger partial charge in [-0.25, -0.2) is 0 Å². The van der Waals surface area contributed by atoms with Crippen LogP contribution in [0.5, 0.6) is 11.5 Å². The van der Waals surface area contributed by atoms with Crippen LogP contribution in [-0.4, -0.2) is 47.5 Å². The average molecular weight is 276 g/mol. The van der Waals surface area contributed by atoms with E-state index < -0.39 is 23.7 Å². The van der Waals surface area contributed by atoms with E-state index in [1.165, 1.54) is 17.0 Å². The van der Waals surface area contributed by atoms with Gasteiger partial charge >= 0.3 is 6.18 Å². The highest BCUT2D eigenvalue weighted by Crippen LogP contribution is 2.43. The van der Waals surface area contributed by atoms with E-state index in [2.05, 4.69) is 5.32 Å². The number of nitrogens with one attached hydrogen (secondary N) is 1. The molecule has 0 spiro atoms. The lowest BCUT2D eigenvalue weighted by Crippen LogP contribution is -2.49. The van der Waals surface area contributed by atoms with Crippen LogP contribution < -0.4 is 5.32 Å². The third-order valence-corrected chi connectivity index (χ3v) is 3.17. The Morgan fingerprint density at radius 3 is 2.37 bits per heavy atom. The van der Waals surface area contributed by atoms with Crippen LogP contribution in [0.3, 0.4) is 0 Å². The van der Waals surface area contributed by atoms with Crippen molar-refractivity contribution >= 4 is 0 Å². The fourth-order valence-corrected chi connectivity index (χ4v) is 2.29. The first-order valence-electron chi connectivity index (χ1n) is 5.93. The van der Waals surface area contributed by atoms with E-state index in [1.807, 2.05) is 0 Å².